The van der Waals surface area contributed by atoms with Crippen LogP contribution in [0.15, 0.2) is 41.5 Å². The molecule has 118 valence electrons. The quantitative estimate of drug-likeness (QED) is 0.494. The minimum Gasteiger partial charge on any atom is -0.266 e. The van der Waals surface area contributed by atoms with Crippen molar-refractivity contribution < 1.29 is 4.79 Å². The van der Waals surface area contributed by atoms with Gasteiger partial charge in [0.25, 0.3) is 5.91 Å². The van der Waals surface area contributed by atoms with Crippen molar-refractivity contribution in [3.8, 4) is 0 Å². The Morgan fingerprint density at radius 2 is 2.00 bits per heavy atom. The highest BCUT2D eigenvalue weighted by Gasteiger charge is 2.16. The number of carbonyl (C=O) groups excluding carboxylic acids is 1. The van der Waals surface area contributed by atoms with Crippen LogP contribution >= 0.6 is 34.3 Å². The number of aryl methyl sites for hydroxylation is 1. The Hall–Kier alpha value is -1.69. The largest absolute Gasteiger partial charge is 0.283 e. The van der Waals surface area contributed by atoms with Gasteiger partial charge >= 0.3 is 0 Å². The standard InChI is InChI=1S/C17H15ClN2OS2/c1-3-11-8-9-13(22-11)10(2)19-20-17(21)16-15(18)12-6-4-5-7-14(12)23-16/h4-9H,3H2,1-2H3,(H,20,21)/b19-10+. The number of halogens is 1. The minimum absolute atomic E-state index is 0.275. The number of amides is 1. The molecule has 0 atom stereocenters. The van der Waals surface area contributed by atoms with Crippen LogP contribution in [0, 0.1) is 0 Å². The van der Waals surface area contributed by atoms with E-state index in [-0.39, 0.29) is 5.91 Å². The lowest BCUT2D eigenvalue weighted by molar-refractivity contribution is 0.0959. The molecule has 1 aromatic carbocycles. The Morgan fingerprint density at radius 3 is 2.70 bits per heavy atom. The predicted octanol–water partition coefficient (Wildman–Crippen LogP) is 5.33. The molecule has 3 rings (SSSR count). The Kier molecular flexibility index (Phi) is 4.80. The first-order valence-corrected chi connectivity index (χ1v) is 9.22. The average molecular weight is 363 g/mol. The summed E-state index contributed by atoms with van der Waals surface area (Å²) < 4.78 is 0.995. The lowest BCUT2D eigenvalue weighted by atomic mass is 10.2. The van der Waals surface area contributed by atoms with Crippen LogP contribution in [0.5, 0.6) is 0 Å². The van der Waals surface area contributed by atoms with Crippen LogP contribution in [0.2, 0.25) is 5.02 Å². The molecule has 0 aliphatic heterocycles. The lowest BCUT2D eigenvalue weighted by Crippen LogP contribution is -2.18. The zero-order valence-corrected chi connectivity index (χ0v) is 15.1. The lowest BCUT2D eigenvalue weighted by Gasteiger charge is -2.00. The highest BCUT2D eigenvalue weighted by molar-refractivity contribution is 7.21. The van der Waals surface area contributed by atoms with Gasteiger partial charge in [-0.2, -0.15) is 5.10 Å². The third-order valence-electron chi connectivity index (χ3n) is 3.43. The maximum absolute atomic E-state index is 12.3. The number of nitrogens with one attached hydrogen (secondary N) is 1. The number of benzene rings is 1. The molecule has 1 N–H and O–H groups in total. The van der Waals surface area contributed by atoms with E-state index >= 15 is 0 Å². The average Bonchev–Trinajstić information content (AvgIpc) is 3.18. The smallest absolute Gasteiger partial charge is 0.266 e. The first kappa shape index (κ1) is 16.2. The predicted molar refractivity (Wildman–Crippen MR) is 100 cm³/mol. The number of thiophene rings is 2. The van der Waals surface area contributed by atoms with Gasteiger partial charge in [-0.25, -0.2) is 5.43 Å². The minimum atomic E-state index is -0.275. The SMILES string of the molecule is CCc1ccc(/C(C)=N/NC(=O)c2sc3ccccc3c2Cl)s1. The first-order chi connectivity index (χ1) is 11.1. The van der Waals surface area contributed by atoms with Gasteiger partial charge < -0.3 is 0 Å². The summed E-state index contributed by atoms with van der Waals surface area (Å²) in [5.74, 6) is -0.275. The Bertz CT molecular complexity index is 895. The second-order valence-corrected chi connectivity index (χ2v) is 7.60. The van der Waals surface area contributed by atoms with Gasteiger partial charge in [0.1, 0.15) is 4.88 Å². The molecule has 0 saturated heterocycles. The molecule has 6 heteroatoms. The number of fused-ring (bicyclic) bond motifs is 1. The zero-order chi connectivity index (χ0) is 16.4. The van der Waals surface area contributed by atoms with Gasteiger partial charge in [0.05, 0.1) is 15.6 Å². The van der Waals surface area contributed by atoms with E-state index in [1.807, 2.05) is 37.3 Å². The Morgan fingerprint density at radius 1 is 1.22 bits per heavy atom. The van der Waals surface area contributed by atoms with Crippen molar-refractivity contribution >= 4 is 56.0 Å². The molecule has 0 radical (unpaired) electrons. The van der Waals surface area contributed by atoms with E-state index in [0.29, 0.717) is 9.90 Å². The van der Waals surface area contributed by atoms with E-state index in [4.69, 9.17) is 11.6 Å². The number of carbonyl (C=O) groups is 1. The van der Waals surface area contributed by atoms with Crippen molar-refractivity contribution in [2.75, 3.05) is 0 Å². The van der Waals surface area contributed by atoms with Gasteiger partial charge in [-0.05, 0) is 31.5 Å². The van der Waals surface area contributed by atoms with Crippen molar-refractivity contribution in [2.45, 2.75) is 20.3 Å². The van der Waals surface area contributed by atoms with Crippen LogP contribution in [-0.4, -0.2) is 11.6 Å². The van der Waals surface area contributed by atoms with E-state index in [0.717, 1.165) is 27.1 Å². The fourth-order valence-corrected chi connectivity index (χ4v) is 4.46. The normalized spacial score (nSPS) is 11.9. The number of hydrazone groups is 1. The highest BCUT2D eigenvalue weighted by atomic mass is 35.5. The van der Waals surface area contributed by atoms with Gasteiger partial charge in [-0.1, -0.05) is 36.7 Å². The van der Waals surface area contributed by atoms with E-state index in [1.54, 1.807) is 11.3 Å². The van der Waals surface area contributed by atoms with Crippen LogP contribution < -0.4 is 5.43 Å². The first-order valence-electron chi connectivity index (χ1n) is 7.21. The van der Waals surface area contributed by atoms with Crippen molar-refractivity contribution in [1.82, 2.24) is 5.43 Å². The molecule has 3 nitrogen and oxygen atoms in total. The molecule has 0 saturated carbocycles. The molecule has 2 heterocycles. The number of rotatable bonds is 4. The maximum Gasteiger partial charge on any atom is 0.283 e. The van der Waals surface area contributed by atoms with E-state index < -0.39 is 0 Å². The summed E-state index contributed by atoms with van der Waals surface area (Å²) in [5, 5.41) is 5.59. The molecule has 0 aliphatic carbocycles. The Balaban J connectivity index is 1.80. The third kappa shape index (κ3) is 3.32. The van der Waals surface area contributed by atoms with Gasteiger partial charge in [0.2, 0.25) is 0 Å². The van der Waals surface area contributed by atoms with Gasteiger partial charge in [0.15, 0.2) is 0 Å². The summed E-state index contributed by atoms with van der Waals surface area (Å²) in [7, 11) is 0. The molecule has 2 aromatic heterocycles. The third-order valence-corrected chi connectivity index (χ3v) is 6.45. The molecular weight excluding hydrogens is 348 g/mol. The molecule has 1 amide bonds. The number of hydrogen-bond acceptors (Lipinski definition) is 4. The second kappa shape index (κ2) is 6.83. The van der Waals surface area contributed by atoms with Crippen molar-refractivity contribution in [3.63, 3.8) is 0 Å². The van der Waals surface area contributed by atoms with Crippen LogP contribution in [0.1, 0.15) is 33.3 Å². The van der Waals surface area contributed by atoms with Crippen LogP contribution in [0.4, 0.5) is 0 Å². The topological polar surface area (TPSA) is 41.5 Å². The van der Waals surface area contributed by atoms with Crippen molar-refractivity contribution in [1.29, 1.82) is 0 Å². The highest BCUT2D eigenvalue weighted by Crippen LogP contribution is 2.34. The molecule has 0 aliphatic rings. The molecular formula is C17H15ClN2OS2. The molecule has 0 fully saturated rings. The summed E-state index contributed by atoms with van der Waals surface area (Å²) in [5.41, 5.74) is 3.40. The molecule has 0 spiro atoms. The van der Waals surface area contributed by atoms with Gasteiger partial charge in [0, 0.05) is 15.0 Å². The second-order valence-electron chi connectivity index (χ2n) is 5.00. The molecule has 0 bridgehead atoms. The number of hydrogen-bond donors (Lipinski definition) is 1. The van der Waals surface area contributed by atoms with Crippen molar-refractivity contribution in [2.24, 2.45) is 5.10 Å². The molecule has 23 heavy (non-hydrogen) atoms. The number of nitrogens with zero attached hydrogens (tertiary/aromatic N) is 1. The van der Waals surface area contributed by atoms with Gasteiger partial charge in [-0.15, -0.1) is 22.7 Å². The van der Waals surface area contributed by atoms with E-state index in [2.05, 4.69) is 23.5 Å². The summed E-state index contributed by atoms with van der Waals surface area (Å²) in [6, 6.07) is 11.8. The molecule has 0 unspecified atom stereocenters. The van der Waals surface area contributed by atoms with Crippen LogP contribution in [-0.2, 0) is 6.42 Å². The van der Waals surface area contributed by atoms with E-state index in [9.17, 15) is 4.79 Å². The van der Waals surface area contributed by atoms with E-state index in [1.165, 1.54) is 16.2 Å². The van der Waals surface area contributed by atoms with Crippen molar-refractivity contribution in [3.05, 3.63) is 56.1 Å². The zero-order valence-electron chi connectivity index (χ0n) is 12.7. The summed E-state index contributed by atoms with van der Waals surface area (Å²) in [4.78, 5) is 15.2. The van der Waals surface area contributed by atoms with Crippen LogP contribution in [0.25, 0.3) is 10.1 Å². The molecule has 3 aromatic rings. The van der Waals surface area contributed by atoms with Gasteiger partial charge in [-0.3, -0.25) is 4.79 Å². The Labute approximate surface area is 147 Å². The monoisotopic (exact) mass is 362 g/mol. The maximum atomic E-state index is 12.3. The fraction of sp³-hybridized carbons (Fsp3) is 0.176. The summed E-state index contributed by atoms with van der Waals surface area (Å²) >= 11 is 9.38. The summed E-state index contributed by atoms with van der Waals surface area (Å²) in [6.45, 7) is 4.01. The summed E-state index contributed by atoms with van der Waals surface area (Å²) in [6.07, 6.45) is 1.00. The van der Waals surface area contributed by atoms with Crippen LogP contribution in [0.3, 0.4) is 0 Å². The fourth-order valence-electron chi connectivity index (χ4n) is 2.16.